The Morgan fingerprint density at radius 1 is 0.964 bits per heavy atom. The number of ether oxygens (including phenoxy) is 1. The standard InChI is InChI=1S/C21H15N3O3S/c22-21(26)23-14-7-5-6-13(12-14)20(25)27-17-10-3-1-8-15(17)19-24-16-9-2-4-11-18(16)28-19/h1-12H,(H3,22,23,26). The number of nitrogens with two attached hydrogens (primary N) is 1. The molecule has 1 heterocycles. The Balaban J connectivity index is 1.64. The molecule has 0 fully saturated rings. The fourth-order valence-electron chi connectivity index (χ4n) is 2.74. The van der Waals surface area contributed by atoms with Crippen molar-refractivity contribution in [2.45, 2.75) is 0 Å². The van der Waals surface area contributed by atoms with Gasteiger partial charge in [0.2, 0.25) is 0 Å². The van der Waals surface area contributed by atoms with Gasteiger partial charge in [-0.25, -0.2) is 14.6 Å². The smallest absolute Gasteiger partial charge is 0.343 e. The average molecular weight is 389 g/mol. The fraction of sp³-hybridized carbons (Fsp3) is 0. The third kappa shape index (κ3) is 3.70. The van der Waals surface area contributed by atoms with Crippen molar-refractivity contribution in [3.05, 3.63) is 78.4 Å². The summed E-state index contributed by atoms with van der Waals surface area (Å²) in [4.78, 5) is 28.3. The van der Waals surface area contributed by atoms with E-state index in [2.05, 4.69) is 10.3 Å². The molecule has 0 radical (unpaired) electrons. The van der Waals surface area contributed by atoms with E-state index in [-0.39, 0.29) is 0 Å². The van der Waals surface area contributed by atoms with Crippen molar-refractivity contribution in [2.75, 3.05) is 5.32 Å². The highest BCUT2D eigenvalue weighted by atomic mass is 32.1. The Morgan fingerprint density at radius 2 is 1.75 bits per heavy atom. The number of hydrogen-bond donors (Lipinski definition) is 2. The van der Waals surface area contributed by atoms with Crippen molar-refractivity contribution in [1.29, 1.82) is 0 Å². The molecule has 0 aliphatic carbocycles. The minimum Gasteiger partial charge on any atom is -0.422 e. The number of amides is 2. The molecule has 0 aliphatic rings. The van der Waals surface area contributed by atoms with Gasteiger partial charge in [-0.1, -0.05) is 30.3 Å². The van der Waals surface area contributed by atoms with Crippen LogP contribution >= 0.6 is 11.3 Å². The number of anilines is 1. The van der Waals surface area contributed by atoms with Gasteiger partial charge in [-0.15, -0.1) is 11.3 Å². The number of primary amides is 1. The predicted octanol–water partition coefficient (Wildman–Crippen LogP) is 4.67. The van der Waals surface area contributed by atoms with Crippen molar-refractivity contribution >= 4 is 39.2 Å². The molecule has 0 bridgehead atoms. The van der Waals surface area contributed by atoms with Crippen LogP contribution < -0.4 is 15.8 Å². The number of carbonyl (C=O) groups is 2. The maximum absolute atomic E-state index is 12.6. The first-order valence-corrected chi connectivity index (χ1v) is 9.25. The van der Waals surface area contributed by atoms with E-state index in [1.807, 2.05) is 36.4 Å². The zero-order valence-corrected chi connectivity index (χ0v) is 15.4. The molecule has 0 aliphatic heterocycles. The van der Waals surface area contributed by atoms with Crippen molar-refractivity contribution < 1.29 is 14.3 Å². The number of thiazole rings is 1. The van der Waals surface area contributed by atoms with E-state index in [0.29, 0.717) is 17.0 Å². The molecule has 1 aromatic heterocycles. The number of rotatable bonds is 4. The lowest BCUT2D eigenvalue weighted by Gasteiger charge is -2.09. The molecule has 3 N–H and O–H groups in total. The maximum atomic E-state index is 12.6. The third-order valence-electron chi connectivity index (χ3n) is 3.98. The number of esters is 1. The molecule has 2 amide bonds. The van der Waals surface area contributed by atoms with Crippen LogP contribution in [-0.2, 0) is 0 Å². The van der Waals surface area contributed by atoms with Crippen LogP contribution in [0.4, 0.5) is 10.5 Å². The molecule has 3 aromatic carbocycles. The van der Waals surface area contributed by atoms with Gasteiger partial charge >= 0.3 is 12.0 Å². The molecule has 7 heteroatoms. The molecule has 6 nitrogen and oxygen atoms in total. The van der Waals surface area contributed by atoms with Crippen LogP contribution in [0.25, 0.3) is 20.8 Å². The Morgan fingerprint density at radius 3 is 2.57 bits per heavy atom. The van der Waals surface area contributed by atoms with Crippen molar-refractivity contribution in [3.8, 4) is 16.3 Å². The van der Waals surface area contributed by atoms with E-state index in [1.165, 1.54) is 17.4 Å². The quantitative estimate of drug-likeness (QED) is 0.392. The maximum Gasteiger partial charge on any atom is 0.343 e. The molecule has 0 atom stereocenters. The number of aromatic nitrogens is 1. The van der Waals surface area contributed by atoms with Crippen molar-refractivity contribution in [2.24, 2.45) is 5.73 Å². The summed E-state index contributed by atoms with van der Waals surface area (Å²) in [5.41, 5.74) is 7.47. The lowest BCUT2D eigenvalue weighted by atomic mass is 10.2. The zero-order valence-electron chi connectivity index (χ0n) is 14.6. The summed E-state index contributed by atoms with van der Waals surface area (Å²) in [6, 6.07) is 20.8. The summed E-state index contributed by atoms with van der Waals surface area (Å²) >= 11 is 1.53. The normalized spacial score (nSPS) is 10.6. The third-order valence-corrected chi connectivity index (χ3v) is 5.05. The Kier molecular flexibility index (Phi) is 4.74. The number of urea groups is 1. The van der Waals surface area contributed by atoms with Crippen LogP contribution in [0.5, 0.6) is 5.75 Å². The molecule has 28 heavy (non-hydrogen) atoms. The second-order valence-electron chi connectivity index (χ2n) is 5.94. The van der Waals surface area contributed by atoms with Crippen molar-refractivity contribution in [1.82, 2.24) is 4.98 Å². The number of fused-ring (bicyclic) bond motifs is 1. The van der Waals surface area contributed by atoms with Crippen molar-refractivity contribution in [3.63, 3.8) is 0 Å². The lowest BCUT2D eigenvalue weighted by molar-refractivity contribution is 0.0735. The second kappa shape index (κ2) is 7.50. The Labute approximate surface area is 164 Å². The summed E-state index contributed by atoms with van der Waals surface area (Å²) in [5.74, 6) is -0.124. The Hall–Kier alpha value is -3.71. The number of para-hydroxylation sites is 2. The number of nitrogens with zero attached hydrogens (tertiary/aromatic N) is 1. The highest BCUT2D eigenvalue weighted by Gasteiger charge is 2.15. The van der Waals surface area contributed by atoms with Crippen LogP contribution in [0.2, 0.25) is 0 Å². The van der Waals surface area contributed by atoms with Gasteiger partial charge in [0.1, 0.15) is 10.8 Å². The molecule has 0 saturated carbocycles. The van der Waals surface area contributed by atoms with Crippen LogP contribution in [0, 0.1) is 0 Å². The first-order chi connectivity index (χ1) is 13.6. The van der Waals surface area contributed by atoms with Crippen LogP contribution in [0.3, 0.4) is 0 Å². The summed E-state index contributed by atoms with van der Waals surface area (Å²) in [7, 11) is 0. The molecule has 0 unspecified atom stereocenters. The van der Waals surface area contributed by atoms with Gasteiger partial charge in [0.25, 0.3) is 0 Å². The van der Waals surface area contributed by atoms with E-state index in [0.717, 1.165) is 20.8 Å². The summed E-state index contributed by atoms with van der Waals surface area (Å²) in [6.45, 7) is 0. The first-order valence-electron chi connectivity index (χ1n) is 8.44. The highest BCUT2D eigenvalue weighted by molar-refractivity contribution is 7.21. The number of benzene rings is 3. The molecule has 4 rings (SSSR count). The molecule has 0 spiro atoms. The van der Waals surface area contributed by atoms with Gasteiger partial charge in [-0.05, 0) is 42.5 Å². The molecular weight excluding hydrogens is 374 g/mol. The minimum absolute atomic E-state index is 0.297. The predicted molar refractivity (Wildman–Crippen MR) is 110 cm³/mol. The molecule has 138 valence electrons. The van der Waals surface area contributed by atoms with Crippen LogP contribution in [-0.4, -0.2) is 17.0 Å². The minimum atomic E-state index is -0.702. The summed E-state index contributed by atoms with van der Waals surface area (Å²) in [5, 5.41) is 3.21. The average Bonchev–Trinajstić information content (AvgIpc) is 3.12. The van der Waals surface area contributed by atoms with E-state index in [9.17, 15) is 9.59 Å². The Bertz CT molecular complexity index is 1150. The van der Waals surface area contributed by atoms with Crippen LogP contribution in [0.1, 0.15) is 10.4 Å². The van der Waals surface area contributed by atoms with Gasteiger partial charge < -0.3 is 15.8 Å². The van der Waals surface area contributed by atoms with Gasteiger partial charge in [-0.2, -0.15) is 0 Å². The number of carbonyl (C=O) groups excluding carboxylic acids is 2. The van der Waals surface area contributed by atoms with Gasteiger partial charge in [0.15, 0.2) is 0 Å². The van der Waals surface area contributed by atoms with E-state index in [4.69, 9.17) is 10.5 Å². The van der Waals surface area contributed by atoms with E-state index < -0.39 is 12.0 Å². The molecule has 4 aromatic rings. The van der Waals surface area contributed by atoms with Crippen LogP contribution in [0.15, 0.2) is 72.8 Å². The molecule has 0 saturated heterocycles. The first kappa shape index (κ1) is 17.7. The summed E-state index contributed by atoms with van der Waals surface area (Å²) < 4.78 is 6.68. The van der Waals surface area contributed by atoms with Gasteiger partial charge in [0.05, 0.1) is 21.3 Å². The zero-order chi connectivity index (χ0) is 19.5. The van der Waals surface area contributed by atoms with Gasteiger partial charge in [0, 0.05) is 5.69 Å². The SMILES string of the molecule is NC(=O)Nc1cccc(C(=O)Oc2ccccc2-c2nc3ccccc3s2)c1. The summed E-state index contributed by atoms with van der Waals surface area (Å²) in [6.07, 6.45) is 0. The lowest BCUT2D eigenvalue weighted by Crippen LogP contribution is -2.19. The second-order valence-corrected chi connectivity index (χ2v) is 6.97. The van der Waals surface area contributed by atoms with Gasteiger partial charge in [-0.3, -0.25) is 0 Å². The monoisotopic (exact) mass is 389 g/mol. The van der Waals surface area contributed by atoms with E-state index >= 15 is 0 Å². The highest BCUT2D eigenvalue weighted by Crippen LogP contribution is 2.35. The fourth-order valence-corrected chi connectivity index (χ4v) is 3.74. The topological polar surface area (TPSA) is 94.3 Å². The molecular formula is C21H15N3O3S. The number of nitrogens with one attached hydrogen (secondary N) is 1. The van der Waals surface area contributed by atoms with E-state index in [1.54, 1.807) is 30.3 Å². The largest absolute Gasteiger partial charge is 0.422 e. The number of hydrogen-bond acceptors (Lipinski definition) is 5.